The Bertz CT molecular complexity index is 795. The van der Waals surface area contributed by atoms with Crippen LogP contribution in [0.5, 0.6) is 0 Å². The lowest BCUT2D eigenvalue weighted by Gasteiger charge is -2.39. The third kappa shape index (κ3) is 4.56. The van der Waals surface area contributed by atoms with Gasteiger partial charge in [-0.05, 0) is 54.2 Å². The zero-order chi connectivity index (χ0) is 20.3. The predicted octanol–water partition coefficient (Wildman–Crippen LogP) is 7.93. The van der Waals surface area contributed by atoms with Crippen molar-refractivity contribution in [2.45, 2.75) is 69.1 Å². The first-order valence-corrected chi connectivity index (χ1v) is 12.0. The second-order valence-electron chi connectivity index (χ2n) is 9.13. The first-order chi connectivity index (χ1) is 14.1. The second kappa shape index (κ2) is 9.22. The number of hydrogen-bond donors (Lipinski definition) is 0. The maximum absolute atomic E-state index is 7.22. The minimum Gasteiger partial charge on any atom is -0.426 e. The molecule has 2 aliphatic rings. The predicted molar refractivity (Wildman–Crippen MR) is 127 cm³/mol. The SMILES string of the molecule is C=CC[C@](C)(OB1C2CCCC(CCC2)[C@H]1c1ccccc1)c1ccc(Br)cc1. The van der Waals surface area contributed by atoms with E-state index in [0.717, 1.165) is 16.8 Å². The van der Waals surface area contributed by atoms with Crippen LogP contribution >= 0.6 is 15.9 Å². The van der Waals surface area contributed by atoms with Crippen LogP contribution in [0.3, 0.4) is 0 Å². The Labute approximate surface area is 185 Å². The van der Waals surface area contributed by atoms with Crippen molar-refractivity contribution < 1.29 is 4.65 Å². The summed E-state index contributed by atoms with van der Waals surface area (Å²) in [6.45, 7) is 6.58. The molecule has 0 amide bonds. The molecule has 2 aliphatic heterocycles. The van der Waals surface area contributed by atoms with E-state index in [2.05, 4.69) is 84.0 Å². The van der Waals surface area contributed by atoms with Crippen LogP contribution in [0.1, 0.15) is 68.8 Å². The molecule has 2 fully saturated rings. The van der Waals surface area contributed by atoms with Crippen LogP contribution in [0.15, 0.2) is 71.7 Å². The van der Waals surface area contributed by atoms with E-state index in [-0.39, 0.29) is 12.5 Å². The van der Waals surface area contributed by atoms with Gasteiger partial charge < -0.3 is 4.65 Å². The third-order valence-corrected chi connectivity index (χ3v) is 7.72. The average Bonchev–Trinajstić information content (AvgIpc) is 2.97. The molecule has 0 N–H and O–H groups in total. The highest BCUT2D eigenvalue weighted by Crippen LogP contribution is 2.50. The van der Waals surface area contributed by atoms with Crippen LogP contribution in [-0.4, -0.2) is 6.92 Å². The fraction of sp³-hybridized carbons (Fsp3) is 0.462. The van der Waals surface area contributed by atoms with Gasteiger partial charge >= 0.3 is 6.92 Å². The van der Waals surface area contributed by atoms with Crippen molar-refractivity contribution in [2.24, 2.45) is 5.92 Å². The van der Waals surface area contributed by atoms with Crippen molar-refractivity contribution in [3.63, 3.8) is 0 Å². The molecule has 2 atom stereocenters. The quantitative estimate of drug-likeness (QED) is 0.320. The first kappa shape index (κ1) is 20.9. The smallest absolute Gasteiger partial charge is 0.305 e. The summed E-state index contributed by atoms with van der Waals surface area (Å²) < 4.78 is 8.33. The van der Waals surface area contributed by atoms with Crippen LogP contribution in [0.25, 0.3) is 0 Å². The first-order valence-electron chi connectivity index (χ1n) is 11.2. The Hall–Kier alpha value is -1.32. The van der Waals surface area contributed by atoms with Gasteiger partial charge in [0.2, 0.25) is 0 Å². The monoisotopic (exact) mass is 450 g/mol. The second-order valence-corrected chi connectivity index (χ2v) is 10.0. The van der Waals surface area contributed by atoms with Crippen molar-refractivity contribution in [3.05, 3.63) is 82.9 Å². The molecule has 152 valence electrons. The van der Waals surface area contributed by atoms with Gasteiger partial charge in [-0.25, -0.2) is 0 Å². The van der Waals surface area contributed by atoms with Crippen molar-refractivity contribution in [1.29, 1.82) is 0 Å². The van der Waals surface area contributed by atoms with E-state index in [1.807, 2.05) is 6.08 Å². The van der Waals surface area contributed by atoms with Gasteiger partial charge in [0.05, 0.1) is 5.60 Å². The molecular formula is C26H32BBrO. The summed E-state index contributed by atoms with van der Waals surface area (Å²) in [5.41, 5.74) is 2.36. The minimum atomic E-state index is -0.350. The van der Waals surface area contributed by atoms with E-state index in [0.29, 0.717) is 11.6 Å². The Morgan fingerprint density at radius 2 is 1.69 bits per heavy atom. The summed E-state index contributed by atoms with van der Waals surface area (Å²) >= 11 is 3.58. The van der Waals surface area contributed by atoms with Crippen molar-refractivity contribution in [3.8, 4) is 0 Å². The largest absolute Gasteiger partial charge is 0.426 e. The summed E-state index contributed by atoms with van der Waals surface area (Å²) in [7, 11) is 0. The molecule has 3 heteroatoms. The average molecular weight is 451 g/mol. The molecular weight excluding hydrogens is 419 g/mol. The maximum Gasteiger partial charge on any atom is 0.305 e. The Morgan fingerprint density at radius 1 is 1.03 bits per heavy atom. The van der Waals surface area contributed by atoms with Gasteiger partial charge in [0.25, 0.3) is 0 Å². The third-order valence-electron chi connectivity index (χ3n) is 7.20. The number of fused-ring (bicyclic) bond motifs is 3. The molecule has 29 heavy (non-hydrogen) atoms. The molecule has 0 radical (unpaired) electrons. The van der Waals surface area contributed by atoms with Gasteiger partial charge in [-0.3, -0.25) is 0 Å². The Kier molecular flexibility index (Phi) is 6.66. The lowest BCUT2D eigenvalue weighted by atomic mass is 9.43. The molecule has 2 heterocycles. The summed E-state index contributed by atoms with van der Waals surface area (Å²) in [5.74, 6) is 1.87. The van der Waals surface area contributed by atoms with Crippen LogP contribution in [0.4, 0.5) is 0 Å². The Morgan fingerprint density at radius 3 is 2.31 bits per heavy atom. The van der Waals surface area contributed by atoms with E-state index in [1.165, 1.54) is 49.7 Å². The number of rotatable bonds is 6. The molecule has 0 aliphatic carbocycles. The summed E-state index contributed by atoms with van der Waals surface area (Å²) in [5, 5.41) is 0. The molecule has 2 aromatic rings. The number of hydrogen-bond acceptors (Lipinski definition) is 1. The van der Waals surface area contributed by atoms with E-state index < -0.39 is 0 Å². The van der Waals surface area contributed by atoms with E-state index in [1.54, 1.807) is 0 Å². The zero-order valence-electron chi connectivity index (χ0n) is 17.5. The van der Waals surface area contributed by atoms with Crippen LogP contribution in [0.2, 0.25) is 5.82 Å². The van der Waals surface area contributed by atoms with E-state index in [9.17, 15) is 0 Å². The van der Waals surface area contributed by atoms with Gasteiger partial charge in [-0.15, -0.1) is 6.58 Å². The highest BCUT2D eigenvalue weighted by atomic mass is 79.9. The van der Waals surface area contributed by atoms with Gasteiger partial charge in [0.15, 0.2) is 0 Å². The van der Waals surface area contributed by atoms with Crippen molar-refractivity contribution in [2.75, 3.05) is 0 Å². The Balaban J connectivity index is 1.73. The summed E-state index contributed by atoms with van der Waals surface area (Å²) in [4.78, 5) is 0. The number of halogens is 1. The molecule has 2 saturated heterocycles. The highest BCUT2D eigenvalue weighted by Gasteiger charge is 2.47. The summed E-state index contributed by atoms with van der Waals surface area (Å²) in [6, 6.07) is 19.8. The molecule has 0 unspecified atom stereocenters. The molecule has 0 spiro atoms. The molecule has 2 aromatic carbocycles. The zero-order valence-corrected chi connectivity index (χ0v) is 19.1. The lowest BCUT2D eigenvalue weighted by Crippen LogP contribution is -2.41. The van der Waals surface area contributed by atoms with Crippen LogP contribution in [-0.2, 0) is 10.3 Å². The maximum atomic E-state index is 7.22. The number of benzene rings is 2. The molecule has 2 bridgehead atoms. The van der Waals surface area contributed by atoms with Crippen LogP contribution in [0, 0.1) is 5.92 Å². The van der Waals surface area contributed by atoms with Crippen molar-refractivity contribution >= 4 is 22.8 Å². The van der Waals surface area contributed by atoms with Crippen LogP contribution < -0.4 is 0 Å². The normalized spacial score (nSPS) is 26.4. The standard InChI is InChI=1S/C26H32BBrO/c1-3-19-26(2,22-15-17-24(28)18-16-22)29-27-23-13-7-11-21(12-8-14-23)25(27)20-9-5-4-6-10-20/h3-6,9-10,15-18,21,23,25H,1,7-8,11-14,19H2,2H3/t21?,23?,25-,26+/m1/s1. The fourth-order valence-electron chi connectivity index (χ4n) is 5.74. The highest BCUT2D eigenvalue weighted by molar-refractivity contribution is 9.10. The molecule has 0 aromatic heterocycles. The topological polar surface area (TPSA) is 9.23 Å². The van der Waals surface area contributed by atoms with Gasteiger partial charge in [-0.1, -0.05) is 103 Å². The lowest BCUT2D eigenvalue weighted by molar-refractivity contribution is 0.0798. The van der Waals surface area contributed by atoms with Gasteiger partial charge in [-0.2, -0.15) is 0 Å². The van der Waals surface area contributed by atoms with E-state index in [4.69, 9.17) is 4.65 Å². The molecule has 4 rings (SSSR count). The van der Waals surface area contributed by atoms with Crippen molar-refractivity contribution in [1.82, 2.24) is 0 Å². The summed E-state index contributed by atoms with van der Waals surface area (Å²) in [6.07, 6.45) is 10.8. The van der Waals surface area contributed by atoms with Gasteiger partial charge in [0, 0.05) is 4.47 Å². The van der Waals surface area contributed by atoms with E-state index >= 15 is 0 Å². The minimum absolute atomic E-state index is 0.265. The fourth-order valence-corrected chi connectivity index (χ4v) is 6.01. The molecule has 1 nitrogen and oxygen atoms in total. The molecule has 0 saturated carbocycles. The van der Waals surface area contributed by atoms with Gasteiger partial charge in [0.1, 0.15) is 0 Å².